The molecule has 1 aromatic heterocycles. The van der Waals surface area contributed by atoms with Crippen molar-refractivity contribution in [1.82, 2.24) is 14.8 Å². The van der Waals surface area contributed by atoms with Gasteiger partial charge in [-0.1, -0.05) is 46.9 Å². The number of nitrogens with zero attached hydrogens (tertiary/aromatic N) is 4. The minimum Gasteiger partial charge on any atom is -0.857 e. The maximum absolute atomic E-state index is 11.8. The maximum Gasteiger partial charge on any atom is 0.368 e. The molecule has 9 heteroatoms. The Morgan fingerprint density at radius 1 is 1.12 bits per heavy atom. The third-order valence-electron chi connectivity index (χ3n) is 3.60. The smallest absolute Gasteiger partial charge is 0.368 e. The molecule has 3 rings (SSSR count). The summed E-state index contributed by atoms with van der Waals surface area (Å²) in [6.07, 6.45) is 0.906. The topological polar surface area (TPSA) is 94.6 Å². The molecular formula is C17H8Cl3N4O2-. The molecule has 0 N–H and O–H groups in total. The molecule has 0 bridgehead atoms. The van der Waals surface area contributed by atoms with Gasteiger partial charge in [0.25, 0.3) is 0 Å². The van der Waals surface area contributed by atoms with E-state index in [-0.39, 0.29) is 15.7 Å². The molecule has 0 aliphatic carbocycles. The van der Waals surface area contributed by atoms with Crippen LogP contribution in [0.1, 0.15) is 17.0 Å². The molecular weight excluding hydrogens is 399 g/mol. The monoisotopic (exact) mass is 405 g/mol. The SMILES string of the molecule is N#CC(c1ccc(Cl)cc1)c1c(Cl)cc(-n2ncc([O-])nc2=O)cc1Cl. The summed E-state index contributed by atoms with van der Waals surface area (Å²) in [5, 5.41) is 25.3. The van der Waals surface area contributed by atoms with E-state index >= 15 is 0 Å². The first-order valence-corrected chi connectivity index (χ1v) is 8.32. The zero-order valence-electron chi connectivity index (χ0n) is 12.9. The lowest BCUT2D eigenvalue weighted by Gasteiger charge is -2.16. The number of aromatic nitrogens is 3. The quantitative estimate of drug-likeness (QED) is 0.665. The second-order valence-corrected chi connectivity index (χ2v) is 6.48. The largest absolute Gasteiger partial charge is 0.857 e. The van der Waals surface area contributed by atoms with Gasteiger partial charge in [-0.3, -0.25) is 0 Å². The summed E-state index contributed by atoms with van der Waals surface area (Å²) < 4.78 is 0.895. The van der Waals surface area contributed by atoms with E-state index in [1.807, 2.05) is 0 Å². The van der Waals surface area contributed by atoms with Gasteiger partial charge >= 0.3 is 5.69 Å². The van der Waals surface area contributed by atoms with Crippen molar-refractivity contribution in [2.24, 2.45) is 0 Å². The van der Waals surface area contributed by atoms with Crippen LogP contribution in [0.3, 0.4) is 0 Å². The van der Waals surface area contributed by atoms with Gasteiger partial charge in [0.15, 0.2) is 0 Å². The van der Waals surface area contributed by atoms with Crippen LogP contribution in [0.4, 0.5) is 0 Å². The van der Waals surface area contributed by atoms with Crippen LogP contribution in [0.15, 0.2) is 47.4 Å². The molecule has 3 aromatic rings. The molecule has 6 nitrogen and oxygen atoms in total. The molecule has 0 saturated carbocycles. The summed E-state index contributed by atoms with van der Waals surface area (Å²) in [4.78, 5) is 15.1. The molecule has 0 spiro atoms. The van der Waals surface area contributed by atoms with Gasteiger partial charge in [0.2, 0.25) is 0 Å². The Morgan fingerprint density at radius 2 is 1.73 bits per heavy atom. The molecule has 130 valence electrons. The highest BCUT2D eigenvalue weighted by atomic mass is 35.5. The van der Waals surface area contributed by atoms with Crippen LogP contribution in [-0.2, 0) is 0 Å². The molecule has 0 fully saturated rings. The Balaban J connectivity index is 2.11. The van der Waals surface area contributed by atoms with Crippen molar-refractivity contribution in [2.75, 3.05) is 0 Å². The van der Waals surface area contributed by atoms with Gasteiger partial charge in [0.1, 0.15) is 0 Å². The van der Waals surface area contributed by atoms with Crippen LogP contribution in [0, 0.1) is 11.3 Å². The highest BCUT2D eigenvalue weighted by Gasteiger charge is 2.21. The predicted molar refractivity (Wildman–Crippen MR) is 96.0 cm³/mol. The van der Waals surface area contributed by atoms with Crippen LogP contribution in [0.2, 0.25) is 15.1 Å². The summed E-state index contributed by atoms with van der Waals surface area (Å²) in [5.41, 5.74) is 0.436. The zero-order chi connectivity index (χ0) is 18.8. The Hall–Kier alpha value is -2.59. The van der Waals surface area contributed by atoms with Gasteiger partial charge in [-0.25, -0.2) is 9.78 Å². The molecule has 0 radical (unpaired) electrons. The normalized spacial score (nSPS) is 11.8. The van der Waals surface area contributed by atoms with Crippen molar-refractivity contribution in [3.8, 4) is 17.6 Å². The van der Waals surface area contributed by atoms with E-state index < -0.39 is 17.5 Å². The fraction of sp³-hybridized carbons (Fsp3) is 0.0588. The first-order valence-electron chi connectivity index (χ1n) is 7.18. The van der Waals surface area contributed by atoms with Crippen molar-refractivity contribution in [3.63, 3.8) is 0 Å². The van der Waals surface area contributed by atoms with E-state index in [0.717, 1.165) is 10.9 Å². The molecule has 0 aliphatic heterocycles. The van der Waals surface area contributed by atoms with Gasteiger partial charge in [0.05, 0.1) is 23.9 Å². The molecule has 0 saturated heterocycles. The minimum absolute atomic E-state index is 0.175. The average molecular weight is 407 g/mol. The second kappa shape index (κ2) is 7.34. The van der Waals surface area contributed by atoms with Crippen LogP contribution in [0.5, 0.6) is 5.88 Å². The first kappa shape index (κ1) is 18.2. The summed E-state index contributed by atoms with van der Waals surface area (Å²) in [7, 11) is 0. The Labute approximate surface area is 162 Å². The summed E-state index contributed by atoms with van der Waals surface area (Å²) in [6, 6.07) is 11.8. The van der Waals surface area contributed by atoms with Crippen molar-refractivity contribution in [1.29, 1.82) is 5.26 Å². The van der Waals surface area contributed by atoms with Gasteiger partial charge < -0.3 is 5.11 Å². The zero-order valence-corrected chi connectivity index (χ0v) is 15.1. The number of hydrogen-bond acceptors (Lipinski definition) is 5. The van der Waals surface area contributed by atoms with Crippen LogP contribution in [0.25, 0.3) is 5.69 Å². The molecule has 26 heavy (non-hydrogen) atoms. The van der Waals surface area contributed by atoms with Crippen LogP contribution >= 0.6 is 34.8 Å². The highest BCUT2D eigenvalue weighted by molar-refractivity contribution is 6.36. The van der Waals surface area contributed by atoms with E-state index in [4.69, 9.17) is 34.8 Å². The number of hydrogen-bond donors (Lipinski definition) is 0. The lowest BCUT2D eigenvalue weighted by Crippen LogP contribution is -2.25. The van der Waals surface area contributed by atoms with Gasteiger partial charge in [0, 0.05) is 26.5 Å². The van der Waals surface area contributed by atoms with Crippen LogP contribution < -0.4 is 10.8 Å². The maximum atomic E-state index is 11.8. The van der Waals surface area contributed by atoms with Crippen molar-refractivity contribution >= 4 is 34.8 Å². The van der Waals surface area contributed by atoms with Crippen molar-refractivity contribution in [3.05, 3.63) is 79.3 Å². The standard InChI is InChI=1S/C17H9Cl3N4O2/c18-10-3-1-9(2-4-10)12(7-21)16-13(19)5-11(6-14(16)20)24-17(26)23-15(25)8-22-24/h1-6,8,12H,(H,23,25,26)/p-1. The Morgan fingerprint density at radius 3 is 2.27 bits per heavy atom. The summed E-state index contributed by atoms with van der Waals surface area (Å²) in [6.45, 7) is 0. The number of rotatable bonds is 3. The fourth-order valence-electron chi connectivity index (χ4n) is 2.43. The lowest BCUT2D eigenvalue weighted by atomic mass is 9.92. The minimum atomic E-state index is -0.855. The van der Waals surface area contributed by atoms with E-state index in [2.05, 4.69) is 16.2 Å². The summed E-state index contributed by atoms with van der Waals surface area (Å²) in [5.74, 6) is -1.47. The van der Waals surface area contributed by atoms with Gasteiger partial charge in [-0.2, -0.15) is 15.0 Å². The predicted octanol–water partition coefficient (Wildman–Crippen LogP) is 3.32. The molecule has 1 atom stereocenters. The van der Waals surface area contributed by atoms with Crippen LogP contribution in [-0.4, -0.2) is 14.8 Å². The third-order valence-corrected chi connectivity index (χ3v) is 4.48. The van der Waals surface area contributed by atoms with E-state index in [0.29, 0.717) is 16.1 Å². The number of nitriles is 1. The molecule has 0 aliphatic rings. The molecule has 1 heterocycles. The fourth-order valence-corrected chi connectivity index (χ4v) is 3.25. The lowest BCUT2D eigenvalue weighted by molar-refractivity contribution is -0.276. The van der Waals surface area contributed by atoms with Crippen molar-refractivity contribution < 1.29 is 5.11 Å². The number of halogens is 3. The highest BCUT2D eigenvalue weighted by Crippen LogP contribution is 2.37. The molecule has 0 amide bonds. The summed E-state index contributed by atoms with van der Waals surface area (Å²) >= 11 is 18.6. The second-order valence-electron chi connectivity index (χ2n) is 5.23. The van der Waals surface area contributed by atoms with Gasteiger partial charge in [-0.05, 0) is 29.8 Å². The van der Waals surface area contributed by atoms with Gasteiger partial charge in [-0.15, -0.1) is 0 Å². The Kier molecular flexibility index (Phi) is 5.14. The average Bonchev–Trinajstić information content (AvgIpc) is 2.59. The van der Waals surface area contributed by atoms with E-state index in [1.165, 1.54) is 12.1 Å². The van der Waals surface area contributed by atoms with Crippen molar-refractivity contribution in [2.45, 2.75) is 5.92 Å². The third kappa shape index (κ3) is 3.51. The molecule has 1 unspecified atom stereocenters. The number of benzene rings is 2. The Bertz CT molecular complexity index is 1050. The van der Waals surface area contributed by atoms with E-state index in [1.54, 1.807) is 24.3 Å². The van der Waals surface area contributed by atoms with E-state index in [9.17, 15) is 15.2 Å². The molecule has 2 aromatic carbocycles. The first-order chi connectivity index (χ1) is 12.4.